The van der Waals surface area contributed by atoms with Gasteiger partial charge in [-0.25, -0.2) is 0 Å². The van der Waals surface area contributed by atoms with E-state index in [9.17, 15) is 0 Å². The molecule has 0 atom stereocenters. The van der Waals surface area contributed by atoms with Crippen molar-refractivity contribution in [2.45, 2.75) is 45.9 Å². The van der Waals surface area contributed by atoms with Crippen molar-refractivity contribution in [1.29, 1.82) is 0 Å². The van der Waals surface area contributed by atoms with E-state index in [0.717, 1.165) is 25.7 Å². The van der Waals surface area contributed by atoms with Gasteiger partial charge in [0, 0.05) is 28.9 Å². The summed E-state index contributed by atoms with van der Waals surface area (Å²) in [5.74, 6) is 0.863. The summed E-state index contributed by atoms with van der Waals surface area (Å²) in [5.41, 5.74) is 0. The molecular weight excluding hydrogens is 218 g/mol. The van der Waals surface area contributed by atoms with Gasteiger partial charge in [0.05, 0.1) is 6.61 Å². The summed E-state index contributed by atoms with van der Waals surface area (Å²) in [6.45, 7) is 7.08. The summed E-state index contributed by atoms with van der Waals surface area (Å²) in [4.78, 5) is 2.75. The average molecular weight is 239 g/mol. The van der Waals surface area contributed by atoms with E-state index in [2.05, 4.69) is 31.3 Å². The van der Waals surface area contributed by atoms with Crippen LogP contribution in [0.5, 0.6) is 0 Å². The van der Waals surface area contributed by atoms with Crippen LogP contribution in [-0.4, -0.2) is 12.6 Å². The minimum absolute atomic E-state index is 0.552. The van der Waals surface area contributed by atoms with E-state index in [4.69, 9.17) is 4.74 Å². The Morgan fingerprint density at radius 3 is 2.81 bits per heavy atom. The highest BCUT2D eigenvalue weighted by Crippen LogP contribution is 2.29. The van der Waals surface area contributed by atoms with Gasteiger partial charge >= 0.3 is 0 Å². The van der Waals surface area contributed by atoms with Gasteiger partial charge in [0.1, 0.15) is 0 Å². The van der Waals surface area contributed by atoms with E-state index in [1.807, 2.05) is 11.3 Å². The second-order valence-corrected chi connectivity index (χ2v) is 6.12. The Balaban J connectivity index is 1.68. The normalized spacial score (nSPS) is 15.9. The second kappa shape index (κ2) is 5.80. The zero-order valence-electron chi connectivity index (χ0n) is 10.2. The van der Waals surface area contributed by atoms with Crippen molar-refractivity contribution in [2.75, 3.05) is 6.61 Å². The molecule has 0 spiro atoms. The molecule has 0 aliphatic heterocycles. The molecule has 1 saturated carbocycles. The summed E-state index contributed by atoms with van der Waals surface area (Å²) in [6.07, 6.45) is 2.74. The van der Waals surface area contributed by atoms with E-state index in [0.29, 0.717) is 6.04 Å². The molecule has 2 nitrogen and oxygen atoms in total. The van der Waals surface area contributed by atoms with Crippen LogP contribution in [0.2, 0.25) is 0 Å². The van der Waals surface area contributed by atoms with Crippen LogP contribution in [-0.2, 0) is 17.9 Å². The molecule has 0 unspecified atom stereocenters. The van der Waals surface area contributed by atoms with E-state index in [-0.39, 0.29) is 0 Å². The van der Waals surface area contributed by atoms with Gasteiger partial charge in [-0.15, -0.1) is 11.3 Å². The van der Waals surface area contributed by atoms with Crippen molar-refractivity contribution < 1.29 is 4.74 Å². The number of hydrogen-bond donors (Lipinski definition) is 1. The van der Waals surface area contributed by atoms with E-state index >= 15 is 0 Å². The maximum atomic E-state index is 5.67. The first-order valence-corrected chi connectivity index (χ1v) is 6.94. The summed E-state index contributed by atoms with van der Waals surface area (Å²) in [5, 5.41) is 3.43. The molecule has 3 heteroatoms. The van der Waals surface area contributed by atoms with Gasteiger partial charge in [0.2, 0.25) is 0 Å². The predicted molar refractivity (Wildman–Crippen MR) is 68.7 cm³/mol. The zero-order chi connectivity index (χ0) is 11.4. The highest BCUT2D eigenvalue weighted by molar-refractivity contribution is 7.11. The first kappa shape index (κ1) is 12.1. The average Bonchev–Trinajstić information content (AvgIpc) is 2.94. The lowest BCUT2D eigenvalue weighted by Gasteiger charge is -2.05. The zero-order valence-corrected chi connectivity index (χ0v) is 11.0. The summed E-state index contributed by atoms with van der Waals surface area (Å²) >= 11 is 1.86. The number of rotatable bonds is 7. The van der Waals surface area contributed by atoms with Crippen molar-refractivity contribution in [3.63, 3.8) is 0 Å². The Bertz CT molecular complexity index is 317. The Morgan fingerprint density at radius 1 is 1.38 bits per heavy atom. The molecule has 2 rings (SSSR count). The van der Waals surface area contributed by atoms with Gasteiger partial charge in [-0.05, 0) is 30.9 Å². The third kappa shape index (κ3) is 4.24. The third-order valence-corrected chi connectivity index (χ3v) is 3.76. The molecule has 90 valence electrons. The van der Waals surface area contributed by atoms with Crippen LogP contribution in [0.1, 0.15) is 36.4 Å². The summed E-state index contributed by atoms with van der Waals surface area (Å²) in [6, 6.07) is 4.95. The second-order valence-electron chi connectivity index (χ2n) is 4.86. The molecule has 0 aromatic carbocycles. The van der Waals surface area contributed by atoms with E-state index < -0.39 is 0 Å². The van der Waals surface area contributed by atoms with Crippen LogP contribution in [0.15, 0.2) is 12.1 Å². The number of ether oxygens (including phenoxy) is 1. The van der Waals surface area contributed by atoms with Gasteiger partial charge in [0.15, 0.2) is 0 Å². The standard InChI is InChI=1S/C13H21NOS/c1-10(2)14-7-12-5-6-13(16-12)9-15-8-11-3-4-11/h5-6,10-11,14H,3-4,7-9H2,1-2H3. The summed E-state index contributed by atoms with van der Waals surface area (Å²) in [7, 11) is 0. The molecule has 16 heavy (non-hydrogen) atoms. The molecule has 0 amide bonds. The predicted octanol–water partition coefficient (Wildman–Crippen LogP) is 3.17. The maximum Gasteiger partial charge on any atom is 0.0809 e. The minimum atomic E-state index is 0.552. The molecule has 0 radical (unpaired) electrons. The van der Waals surface area contributed by atoms with Gasteiger partial charge in [-0.1, -0.05) is 13.8 Å². The highest BCUT2D eigenvalue weighted by atomic mass is 32.1. The largest absolute Gasteiger partial charge is 0.376 e. The van der Waals surface area contributed by atoms with E-state index in [1.54, 1.807) is 0 Å². The fourth-order valence-corrected chi connectivity index (χ4v) is 2.42. The van der Waals surface area contributed by atoms with Crippen LogP contribution < -0.4 is 5.32 Å². The van der Waals surface area contributed by atoms with Crippen LogP contribution >= 0.6 is 11.3 Å². The molecule has 1 aromatic rings. The number of nitrogens with one attached hydrogen (secondary N) is 1. The number of hydrogen-bond acceptors (Lipinski definition) is 3. The lowest BCUT2D eigenvalue weighted by atomic mass is 10.3. The Labute approximate surface area is 102 Å². The molecule has 1 aliphatic rings. The fraction of sp³-hybridized carbons (Fsp3) is 0.692. The molecule has 0 saturated heterocycles. The third-order valence-electron chi connectivity index (χ3n) is 2.70. The summed E-state index contributed by atoms with van der Waals surface area (Å²) < 4.78 is 5.67. The monoisotopic (exact) mass is 239 g/mol. The van der Waals surface area contributed by atoms with Gasteiger partial charge in [-0.3, -0.25) is 0 Å². The van der Waals surface area contributed by atoms with Crippen LogP contribution in [0.4, 0.5) is 0 Å². The molecule has 0 bridgehead atoms. The van der Waals surface area contributed by atoms with Crippen molar-refractivity contribution in [1.82, 2.24) is 5.32 Å². The number of thiophene rings is 1. The maximum absolute atomic E-state index is 5.67. The highest BCUT2D eigenvalue weighted by Gasteiger charge is 2.21. The van der Waals surface area contributed by atoms with Crippen molar-refractivity contribution in [3.8, 4) is 0 Å². The lowest BCUT2D eigenvalue weighted by molar-refractivity contribution is 0.113. The SMILES string of the molecule is CC(C)NCc1ccc(COCC2CC2)s1. The minimum Gasteiger partial charge on any atom is -0.376 e. The van der Waals surface area contributed by atoms with Gasteiger partial charge in [-0.2, -0.15) is 0 Å². The quantitative estimate of drug-likeness (QED) is 0.789. The molecular formula is C13H21NOS. The van der Waals surface area contributed by atoms with Crippen molar-refractivity contribution in [3.05, 3.63) is 21.9 Å². The van der Waals surface area contributed by atoms with Crippen molar-refractivity contribution >= 4 is 11.3 Å². The van der Waals surface area contributed by atoms with Gasteiger partial charge < -0.3 is 10.1 Å². The molecule has 1 heterocycles. The fourth-order valence-electron chi connectivity index (χ4n) is 1.51. The molecule has 1 aromatic heterocycles. The molecule has 1 aliphatic carbocycles. The Morgan fingerprint density at radius 2 is 2.12 bits per heavy atom. The van der Waals surface area contributed by atoms with Crippen LogP contribution in [0.25, 0.3) is 0 Å². The first-order valence-electron chi connectivity index (χ1n) is 6.13. The Hall–Kier alpha value is -0.380. The van der Waals surface area contributed by atoms with Crippen molar-refractivity contribution in [2.24, 2.45) is 5.92 Å². The van der Waals surface area contributed by atoms with Crippen LogP contribution in [0.3, 0.4) is 0 Å². The van der Waals surface area contributed by atoms with E-state index in [1.165, 1.54) is 22.6 Å². The smallest absolute Gasteiger partial charge is 0.0809 e. The Kier molecular flexibility index (Phi) is 4.38. The van der Waals surface area contributed by atoms with Gasteiger partial charge in [0.25, 0.3) is 0 Å². The first-order chi connectivity index (χ1) is 7.74. The topological polar surface area (TPSA) is 21.3 Å². The lowest BCUT2D eigenvalue weighted by Crippen LogP contribution is -2.21. The van der Waals surface area contributed by atoms with Crippen LogP contribution in [0, 0.1) is 5.92 Å². The molecule has 1 N–H and O–H groups in total. The molecule has 1 fully saturated rings.